The lowest BCUT2D eigenvalue weighted by Crippen LogP contribution is -2.22. The Balaban J connectivity index is 2.54. The fourth-order valence-electron chi connectivity index (χ4n) is 1.39. The molecule has 0 saturated carbocycles. The van der Waals surface area contributed by atoms with Gasteiger partial charge in [0, 0.05) is 13.0 Å². The van der Waals surface area contributed by atoms with Gasteiger partial charge in [0.15, 0.2) is 5.78 Å². The third kappa shape index (κ3) is 3.84. The molecule has 0 aliphatic rings. The van der Waals surface area contributed by atoms with Crippen LogP contribution in [0.3, 0.4) is 0 Å². The Hall–Kier alpha value is -1.15. The zero-order valence-electron chi connectivity index (χ0n) is 9.62. The van der Waals surface area contributed by atoms with Crippen LogP contribution in [0.15, 0.2) is 24.3 Å². The van der Waals surface area contributed by atoms with Crippen molar-refractivity contribution in [1.82, 2.24) is 0 Å². The molecule has 2 nitrogen and oxygen atoms in total. The predicted molar refractivity (Wildman–Crippen MR) is 61.0 cm³/mol. The smallest absolute Gasteiger partial charge is 0.165 e. The number of hydrogen-bond acceptors (Lipinski definition) is 2. The lowest BCUT2D eigenvalue weighted by atomic mass is 10.0. The standard InChI is InChI=1S/C13H18O2/c1-4-15-11(3)13(14)9-12-7-5-10(2)6-8-12/h5-8,11H,4,9H2,1-3H3. The SMILES string of the molecule is CCOC(C)C(=O)Cc1ccc(C)cc1. The number of Topliss-reactive ketones (excluding diaryl/α,β-unsaturated/α-hetero) is 1. The maximum Gasteiger partial charge on any atom is 0.165 e. The summed E-state index contributed by atoms with van der Waals surface area (Å²) in [7, 11) is 0. The number of hydrogen-bond donors (Lipinski definition) is 0. The van der Waals surface area contributed by atoms with Crippen molar-refractivity contribution in [3.05, 3.63) is 35.4 Å². The minimum Gasteiger partial charge on any atom is -0.371 e. The van der Waals surface area contributed by atoms with E-state index < -0.39 is 0 Å². The van der Waals surface area contributed by atoms with Crippen molar-refractivity contribution in [2.45, 2.75) is 33.3 Å². The lowest BCUT2D eigenvalue weighted by Gasteiger charge is -2.10. The molecule has 0 bridgehead atoms. The third-order valence-corrected chi connectivity index (χ3v) is 2.37. The number of ketones is 1. The zero-order chi connectivity index (χ0) is 11.3. The highest BCUT2D eigenvalue weighted by molar-refractivity contribution is 5.84. The molecule has 0 aromatic heterocycles. The van der Waals surface area contributed by atoms with Gasteiger partial charge < -0.3 is 4.74 Å². The summed E-state index contributed by atoms with van der Waals surface area (Å²) in [6.45, 7) is 6.32. The van der Waals surface area contributed by atoms with Gasteiger partial charge >= 0.3 is 0 Å². The molecule has 1 unspecified atom stereocenters. The van der Waals surface area contributed by atoms with E-state index in [0.717, 1.165) is 5.56 Å². The largest absolute Gasteiger partial charge is 0.371 e. The van der Waals surface area contributed by atoms with Gasteiger partial charge in [0.05, 0.1) is 0 Å². The first kappa shape index (κ1) is 11.9. The summed E-state index contributed by atoms with van der Waals surface area (Å²) in [5.74, 6) is 0.140. The molecule has 0 aliphatic carbocycles. The average molecular weight is 206 g/mol. The van der Waals surface area contributed by atoms with E-state index in [1.54, 1.807) is 6.92 Å². The van der Waals surface area contributed by atoms with Crippen LogP contribution in [0.4, 0.5) is 0 Å². The molecule has 0 aliphatic heterocycles. The summed E-state index contributed by atoms with van der Waals surface area (Å²) >= 11 is 0. The molecule has 82 valence electrons. The van der Waals surface area contributed by atoms with Crippen LogP contribution in [-0.4, -0.2) is 18.5 Å². The van der Waals surface area contributed by atoms with Gasteiger partial charge in [0.25, 0.3) is 0 Å². The van der Waals surface area contributed by atoms with E-state index in [0.29, 0.717) is 13.0 Å². The normalized spacial score (nSPS) is 12.5. The second-order valence-electron chi connectivity index (χ2n) is 3.73. The van der Waals surface area contributed by atoms with Crippen molar-refractivity contribution in [2.75, 3.05) is 6.61 Å². The molecule has 15 heavy (non-hydrogen) atoms. The predicted octanol–water partition coefficient (Wildman–Crippen LogP) is 2.53. The molecule has 1 aromatic carbocycles. The van der Waals surface area contributed by atoms with Crippen LogP contribution in [0.2, 0.25) is 0 Å². The van der Waals surface area contributed by atoms with Gasteiger partial charge in [0.1, 0.15) is 6.10 Å². The highest BCUT2D eigenvalue weighted by atomic mass is 16.5. The van der Waals surface area contributed by atoms with Crippen LogP contribution < -0.4 is 0 Å². The minimum atomic E-state index is -0.295. The average Bonchev–Trinajstić information content (AvgIpc) is 2.22. The summed E-state index contributed by atoms with van der Waals surface area (Å²) < 4.78 is 5.25. The van der Waals surface area contributed by atoms with E-state index in [1.165, 1.54) is 5.56 Å². The fourth-order valence-corrected chi connectivity index (χ4v) is 1.39. The Morgan fingerprint density at radius 1 is 1.33 bits per heavy atom. The van der Waals surface area contributed by atoms with Crippen molar-refractivity contribution in [3.8, 4) is 0 Å². The van der Waals surface area contributed by atoms with Crippen molar-refractivity contribution in [3.63, 3.8) is 0 Å². The monoisotopic (exact) mass is 206 g/mol. The first-order valence-electron chi connectivity index (χ1n) is 5.33. The number of carbonyl (C=O) groups is 1. The molecule has 1 atom stereocenters. The Labute approximate surface area is 91.3 Å². The number of ether oxygens (including phenoxy) is 1. The number of benzene rings is 1. The maximum absolute atomic E-state index is 11.7. The van der Waals surface area contributed by atoms with E-state index in [9.17, 15) is 4.79 Å². The van der Waals surface area contributed by atoms with Crippen LogP contribution in [-0.2, 0) is 16.0 Å². The molecule has 2 heteroatoms. The molecule has 0 fully saturated rings. The first-order chi connectivity index (χ1) is 7.13. The molecule has 1 aromatic rings. The van der Waals surface area contributed by atoms with Crippen LogP contribution >= 0.6 is 0 Å². The Morgan fingerprint density at radius 3 is 2.47 bits per heavy atom. The van der Waals surface area contributed by atoms with E-state index >= 15 is 0 Å². The van der Waals surface area contributed by atoms with Gasteiger partial charge in [-0.1, -0.05) is 29.8 Å². The van der Waals surface area contributed by atoms with Crippen LogP contribution in [0.5, 0.6) is 0 Å². The molecule has 0 N–H and O–H groups in total. The summed E-state index contributed by atoms with van der Waals surface area (Å²) in [4.78, 5) is 11.7. The number of aryl methyl sites for hydroxylation is 1. The summed E-state index contributed by atoms with van der Waals surface area (Å²) in [6.07, 6.45) is 0.165. The topological polar surface area (TPSA) is 26.3 Å². The summed E-state index contributed by atoms with van der Waals surface area (Å²) in [6, 6.07) is 8.03. The Bertz CT molecular complexity index is 314. The van der Waals surface area contributed by atoms with E-state index in [4.69, 9.17) is 4.74 Å². The summed E-state index contributed by atoms with van der Waals surface area (Å²) in [5, 5.41) is 0. The fraction of sp³-hybridized carbons (Fsp3) is 0.462. The molecule has 0 saturated heterocycles. The quantitative estimate of drug-likeness (QED) is 0.740. The van der Waals surface area contributed by atoms with Crippen LogP contribution in [0.1, 0.15) is 25.0 Å². The van der Waals surface area contributed by atoms with Gasteiger partial charge in [-0.05, 0) is 26.3 Å². The molecule has 0 amide bonds. The van der Waals surface area contributed by atoms with E-state index in [2.05, 4.69) is 0 Å². The maximum atomic E-state index is 11.7. The molecule has 0 radical (unpaired) electrons. The molecule has 0 spiro atoms. The third-order valence-electron chi connectivity index (χ3n) is 2.37. The highest BCUT2D eigenvalue weighted by Gasteiger charge is 2.12. The second-order valence-corrected chi connectivity index (χ2v) is 3.73. The number of carbonyl (C=O) groups excluding carboxylic acids is 1. The minimum absolute atomic E-state index is 0.140. The molecule has 0 heterocycles. The van der Waals surface area contributed by atoms with E-state index in [-0.39, 0.29) is 11.9 Å². The summed E-state index contributed by atoms with van der Waals surface area (Å²) in [5.41, 5.74) is 2.27. The van der Waals surface area contributed by atoms with Crippen molar-refractivity contribution in [2.24, 2.45) is 0 Å². The molecule has 1 rings (SSSR count). The zero-order valence-corrected chi connectivity index (χ0v) is 9.62. The highest BCUT2D eigenvalue weighted by Crippen LogP contribution is 2.06. The van der Waals surface area contributed by atoms with Crippen molar-refractivity contribution >= 4 is 5.78 Å². The van der Waals surface area contributed by atoms with E-state index in [1.807, 2.05) is 38.1 Å². The Kier molecular flexibility index (Phi) is 4.50. The Morgan fingerprint density at radius 2 is 1.93 bits per heavy atom. The molecular weight excluding hydrogens is 188 g/mol. The van der Waals surface area contributed by atoms with Gasteiger partial charge in [-0.2, -0.15) is 0 Å². The van der Waals surface area contributed by atoms with Crippen molar-refractivity contribution in [1.29, 1.82) is 0 Å². The number of rotatable bonds is 5. The lowest BCUT2D eigenvalue weighted by molar-refractivity contribution is -0.128. The van der Waals surface area contributed by atoms with Gasteiger partial charge in [0.2, 0.25) is 0 Å². The first-order valence-corrected chi connectivity index (χ1v) is 5.33. The van der Waals surface area contributed by atoms with Crippen LogP contribution in [0, 0.1) is 6.92 Å². The second kappa shape index (κ2) is 5.66. The van der Waals surface area contributed by atoms with Gasteiger partial charge in [-0.25, -0.2) is 0 Å². The van der Waals surface area contributed by atoms with Gasteiger partial charge in [-0.15, -0.1) is 0 Å². The van der Waals surface area contributed by atoms with Crippen LogP contribution in [0.25, 0.3) is 0 Å². The van der Waals surface area contributed by atoms with Gasteiger partial charge in [-0.3, -0.25) is 4.79 Å². The molecular formula is C13H18O2. The van der Waals surface area contributed by atoms with Crippen molar-refractivity contribution < 1.29 is 9.53 Å².